The van der Waals surface area contributed by atoms with Gasteiger partial charge in [-0.2, -0.15) is 0 Å². The molecular weight excluding hydrogens is 297 g/mol. The Kier molecular flexibility index (Phi) is 4.42. The highest BCUT2D eigenvalue weighted by molar-refractivity contribution is 5.90. The zero-order valence-corrected chi connectivity index (χ0v) is 12.9. The van der Waals surface area contributed by atoms with E-state index in [1.54, 1.807) is 6.33 Å². The van der Waals surface area contributed by atoms with Gasteiger partial charge in [0.25, 0.3) is 0 Å². The van der Waals surface area contributed by atoms with E-state index in [9.17, 15) is 0 Å². The van der Waals surface area contributed by atoms with Gasteiger partial charge >= 0.3 is 0 Å². The van der Waals surface area contributed by atoms with Crippen LogP contribution in [0.5, 0.6) is 0 Å². The van der Waals surface area contributed by atoms with E-state index in [0.29, 0.717) is 12.1 Å². The lowest BCUT2D eigenvalue weighted by molar-refractivity contribution is 0.464. The van der Waals surface area contributed by atoms with Crippen molar-refractivity contribution >= 4 is 41.7 Å². The van der Waals surface area contributed by atoms with E-state index < -0.39 is 0 Å². The van der Waals surface area contributed by atoms with Crippen LogP contribution in [-0.4, -0.2) is 40.1 Å². The summed E-state index contributed by atoms with van der Waals surface area (Å²) in [6, 6.07) is 1.26. The molecule has 0 aromatic carbocycles. The number of halogens is 2. The molecule has 2 unspecified atom stereocenters. The summed E-state index contributed by atoms with van der Waals surface area (Å²) in [5.74, 6) is 1.09. The number of nitrogens with one attached hydrogen (secondary N) is 2. The van der Waals surface area contributed by atoms with E-state index in [1.807, 2.05) is 6.20 Å². The molecule has 4 heterocycles. The summed E-state index contributed by atoms with van der Waals surface area (Å²) in [4.78, 5) is 14.5. The van der Waals surface area contributed by atoms with E-state index in [-0.39, 0.29) is 24.8 Å². The van der Waals surface area contributed by atoms with Gasteiger partial charge in [-0.15, -0.1) is 24.8 Å². The Balaban J connectivity index is 0.000000735. The molecule has 0 saturated carbocycles. The lowest BCUT2D eigenvalue weighted by Crippen LogP contribution is -2.51. The number of aromatic nitrogens is 3. The Bertz CT molecular complexity index is 587. The fourth-order valence-corrected chi connectivity index (χ4v) is 3.31. The Labute approximate surface area is 130 Å². The fourth-order valence-electron chi connectivity index (χ4n) is 3.31. The number of H-pyrrole nitrogens is 1. The minimum Gasteiger partial charge on any atom is -0.353 e. The highest BCUT2D eigenvalue weighted by Crippen LogP contribution is 2.29. The number of fused-ring (bicyclic) bond motifs is 3. The van der Waals surface area contributed by atoms with Crippen molar-refractivity contribution in [3.05, 3.63) is 18.1 Å². The van der Waals surface area contributed by atoms with Gasteiger partial charge in [-0.05, 0) is 25.3 Å². The average molecular weight is 316 g/mol. The third kappa shape index (κ3) is 2.34. The van der Waals surface area contributed by atoms with Crippen molar-refractivity contribution in [3.8, 4) is 0 Å². The topological polar surface area (TPSA) is 56.8 Å². The van der Waals surface area contributed by atoms with Gasteiger partial charge in [-0.1, -0.05) is 0 Å². The van der Waals surface area contributed by atoms with Crippen LogP contribution >= 0.6 is 24.8 Å². The van der Waals surface area contributed by atoms with E-state index in [0.717, 1.165) is 24.6 Å². The second-order valence-corrected chi connectivity index (χ2v) is 5.44. The molecule has 2 fully saturated rings. The highest BCUT2D eigenvalue weighted by atomic mass is 35.5. The van der Waals surface area contributed by atoms with Gasteiger partial charge in [0.15, 0.2) is 0 Å². The number of aromatic amines is 1. The normalized spacial score (nSPS) is 24.4. The maximum absolute atomic E-state index is 4.53. The van der Waals surface area contributed by atoms with Gasteiger partial charge in [0.2, 0.25) is 0 Å². The Morgan fingerprint density at radius 2 is 1.85 bits per heavy atom. The van der Waals surface area contributed by atoms with Gasteiger partial charge < -0.3 is 15.2 Å². The van der Waals surface area contributed by atoms with Gasteiger partial charge in [0.05, 0.1) is 5.39 Å². The van der Waals surface area contributed by atoms with Crippen LogP contribution in [0, 0.1) is 6.92 Å². The molecule has 2 saturated heterocycles. The van der Waals surface area contributed by atoms with Crippen molar-refractivity contribution in [2.75, 3.05) is 18.0 Å². The zero-order chi connectivity index (χ0) is 12.1. The summed E-state index contributed by atoms with van der Waals surface area (Å²) in [6.07, 6.45) is 6.26. The molecular formula is C13H19Cl2N5. The summed E-state index contributed by atoms with van der Waals surface area (Å²) in [6.45, 7) is 4.24. The van der Waals surface area contributed by atoms with E-state index in [4.69, 9.17) is 0 Å². The Hall–Kier alpha value is -1.04. The number of rotatable bonds is 1. The van der Waals surface area contributed by atoms with Crippen molar-refractivity contribution in [1.82, 2.24) is 20.3 Å². The van der Waals surface area contributed by atoms with E-state index in [2.05, 4.69) is 32.1 Å². The summed E-state index contributed by atoms with van der Waals surface area (Å²) in [5, 5.41) is 4.83. The molecule has 2 bridgehead atoms. The van der Waals surface area contributed by atoms with Crippen molar-refractivity contribution in [2.45, 2.75) is 31.8 Å². The molecule has 20 heavy (non-hydrogen) atoms. The smallest absolute Gasteiger partial charge is 0.143 e. The number of hydrogen-bond acceptors (Lipinski definition) is 4. The second kappa shape index (κ2) is 5.76. The van der Waals surface area contributed by atoms with E-state index in [1.165, 1.54) is 23.8 Å². The summed E-state index contributed by atoms with van der Waals surface area (Å²) >= 11 is 0. The number of hydrogen-bond donors (Lipinski definition) is 2. The third-order valence-electron chi connectivity index (χ3n) is 4.16. The van der Waals surface area contributed by atoms with Crippen LogP contribution in [-0.2, 0) is 0 Å². The van der Waals surface area contributed by atoms with Crippen LogP contribution in [0.1, 0.15) is 18.4 Å². The second-order valence-electron chi connectivity index (χ2n) is 5.44. The number of piperazine rings is 1. The number of anilines is 1. The van der Waals surface area contributed by atoms with Gasteiger partial charge in [-0.25, -0.2) is 9.97 Å². The van der Waals surface area contributed by atoms with Crippen molar-refractivity contribution in [3.63, 3.8) is 0 Å². The molecule has 0 amide bonds. The largest absolute Gasteiger partial charge is 0.353 e. The predicted octanol–water partition coefficient (Wildman–Crippen LogP) is 2.05. The molecule has 2 aromatic rings. The third-order valence-corrected chi connectivity index (χ3v) is 4.16. The minimum atomic E-state index is 0. The molecule has 0 spiro atoms. The van der Waals surface area contributed by atoms with Gasteiger partial charge in [-0.3, -0.25) is 0 Å². The van der Waals surface area contributed by atoms with Crippen LogP contribution in [0.25, 0.3) is 11.0 Å². The van der Waals surface area contributed by atoms with Crippen molar-refractivity contribution in [2.24, 2.45) is 0 Å². The summed E-state index contributed by atoms with van der Waals surface area (Å²) in [7, 11) is 0. The fraction of sp³-hybridized carbons (Fsp3) is 0.538. The summed E-state index contributed by atoms with van der Waals surface area (Å²) in [5.41, 5.74) is 2.18. The summed E-state index contributed by atoms with van der Waals surface area (Å²) < 4.78 is 0. The number of aryl methyl sites for hydroxylation is 1. The number of nitrogens with zero attached hydrogens (tertiary/aromatic N) is 3. The first-order valence-corrected chi connectivity index (χ1v) is 6.61. The van der Waals surface area contributed by atoms with Crippen LogP contribution in [0.15, 0.2) is 12.5 Å². The molecule has 2 N–H and O–H groups in total. The lowest BCUT2D eigenvalue weighted by Gasteiger charge is -2.34. The first-order valence-electron chi connectivity index (χ1n) is 6.61. The first-order chi connectivity index (χ1) is 8.81. The van der Waals surface area contributed by atoms with Crippen molar-refractivity contribution < 1.29 is 0 Å². The Morgan fingerprint density at radius 1 is 1.15 bits per heavy atom. The molecule has 2 aliphatic heterocycles. The Morgan fingerprint density at radius 3 is 2.55 bits per heavy atom. The minimum absolute atomic E-state index is 0. The first kappa shape index (κ1) is 15.4. The molecule has 110 valence electrons. The zero-order valence-electron chi connectivity index (χ0n) is 11.3. The molecule has 0 aliphatic carbocycles. The standard InChI is InChI=1S/C13H17N5.2ClH/c1-8-4-14-12-11(8)13(16-7-15-12)18-5-9-2-3-10(6-18)17-9;;/h4,7,9-10,17H,2-3,5-6H2,1H3,(H,14,15,16);2*1H. The van der Waals surface area contributed by atoms with Crippen molar-refractivity contribution in [1.29, 1.82) is 0 Å². The van der Waals surface area contributed by atoms with Crippen LogP contribution in [0.2, 0.25) is 0 Å². The van der Waals surface area contributed by atoms with Gasteiger partial charge in [0.1, 0.15) is 17.8 Å². The van der Waals surface area contributed by atoms with Crippen LogP contribution in [0.3, 0.4) is 0 Å². The molecule has 2 aliphatic rings. The molecule has 2 aromatic heterocycles. The molecule has 2 atom stereocenters. The molecule has 4 rings (SSSR count). The SMILES string of the molecule is Cc1c[nH]c2ncnc(N3CC4CCC(C3)N4)c12.Cl.Cl. The van der Waals surface area contributed by atoms with E-state index >= 15 is 0 Å². The molecule has 5 nitrogen and oxygen atoms in total. The lowest BCUT2D eigenvalue weighted by atomic mass is 10.2. The average Bonchev–Trinajstić information content (AvgIpc) is 2.93. The highest BCUT2D eigenvalue weighted by Gasteiger charge is 2.33. The molecule has 0 radical (unpaired) electrons. The maximum atomic E-state index is 4.53. The molecule has 7 heteroatoms. The monoisotopic (exact) mass is 315 g/mol. The quantitative estimate of drug-likeness (QED) is 0.845. The van der Waals surface area contributed by atoms with Crippen LogP contribution in [0.4, 0.5) is 5.82 Å². The maximum Gasteiger partial charge on any atom is 0.143 e. The van der Waals surface area contributed by atoms with Gasteiger partial charge in [0, 0.05) is 31.4 Å². The predicted molar refractivity (Wildman–Crippen MR) is 85.3 cm³/mol. The van der Waals surface area contributed by atoms with Crippen LogP contribution < -0.4 is 10.2 Å².